The van der Waals surface area contributed by atoms with Crippen LogP contribution in [0, 0.1) is 6.92 Å². The highest BCUT2D eigenvalue weighted by atomic mass is 79.9. The Morgan fingerprint density at radius 3 is 2.08 bits per heavy atom. The van der Waals surface area contributed by atoms with E-state index in [1.165, 1.54) is 0 Å². The maximum atomic E-state index is 12.8. The number of aromatic nitrogens is 1. The van der Waals surface area contributed by atoms with E-state index in [4.69, 9.17) is 0 Å². The molecule has 0 N–H and O–H groups in total. The van der Waals surface area contributed by atoms with E-state index in [0.29, 0.717) is 39.3 Å². The Bertz CT molecular complexity index is 683. The van der Waals surface area contributed by atoms with Crippen molar-refractivity contribution in [2.75, 3.05) is 64.3 Å². The zero-order chi connectivity index (χ0) is 17.3. The van der Waals surface area contributed by atoms with Crippen LogP contribution in [0.3, 0.4) is 0 Å². The molecule has 3 heterocycles. The Morgan fingerprint density at radius 1 is 1.00 bits per heavy atom. The van der Waals surface area contributed by atoms with Crippen LogP contribution >= 0.6 is 15.9 Å². The summed E-state index contributed by atoms with van der Waals surface area (Å²) in [6.07, 6.45) is 1.79. The van der Waals surface area contributed by atoms with Crippen molar-refractivity contribution in [1.29, 1.82) is 0 Å². The summed E-state index contributed by atoms with van der Waals surface area (Å²) in [6, 6.07) is 2.04. The molecule has 0 bridgehead atoms. The fourth-order valence-electron chi connectivity index (χ4n) is 3.18. The summed E-state index contributed by atoms with van der Waals surface area (Å²) in [4.78, 5) is 8.81. The zero-order valence-corrected chi connectivity index (χ0v) is 16.6. The highest BCUT2D eigenvalue weighted by Gasteiger charge is 2.34. The van der Waals surface area contributed by atoms with E-state index in [9.17, 15) is 8.42 Å². The molecule has 0 spiro atoms. The summed E-state index contributed by atoms with van der Waals surface area (Å²) < 4.78 is 29.8. The predicted octanol–water partition coefficient (Wildman–Crippen LogP) is 0.767. The Labute approximate surface area is 152 Å². The van der Waals surface area contributed by atoms with Crippen LogP contribution in [-0.2, 0) is 10.2 Å². The normalized spacial score (nSPS) is 22.0. The average molecular weight is 418 g/mol. The monoisotopic (exact) mass is 417 g/mol. The first-order valence-corrected chi connectivity index (χ1v) is 10.4. The van der Waals surface area contributed by atoms with E-state index in [1.807, 2.05) is 20.0 Å². The number of piperazine rings is 2. The maximum Gasteiger partial charge on any atom is 0.282 e. The van der Waals surface area contributed by atoms with E-state index < -0.39 is 10.2 Å². The minimum atomic E-state index is -3.35. The molecule has 9 heteroatoms. The van der Waals surface area contributed by atoms with Crippen LogP contribution in [0.5, 0.6) is 0 Å². The Hall–Kier alpha value is -0.740. The Balaban J connectivity index is 1.64. The van der Waals surface area contributed by atoms with Crippen LogP contribution in [0.1, 0.15) is 5.56 Å². The summed E-state index contributed by atoms with van der Waals surface area (Å²) >= 11 is 3.43. The summed E-state index contributed by atoms with van der Waals surface area (Å²) in [6.45, 7) is 7.12. The molecule has 1 aromatic rings. The van der Waals surface area contributed by atoms with Crippen molar-refractivity contribution in [3.05, 3.63) is 22.3 Å². The molecule has 0 aliphatic carbocycles. The fourth-order valence-corrected chi connectivity index (χ4v) is 5.20. The molecular weight excluding hydrogens is 394 g/mol. The highest BCUT2D eigenvalue weighted by molar-refractivity contribution is 9.10. The van der Waals surface area contributed by atoms with Gasteiger partial charge in [-0.3, -0.25) is 0 Å². The van der Waals surface area contributed by atoms with Gasteiger partial charge in [-0.25, -0.2) is 4.98 Å². The summed E-state index contributed by atoms with van der Waals surface area (Å²) in [5.74, 6) is 0.940. The number of likely N-dealkylation sites (N-methyl/N-ethyl adjacent to an activating group) is 1. The van der Waals surface area contributed by atoms with E-state index in [0.717, 1.165) is 28.9 Å². The second-order valence-corrected chi connectivity index (χ2v) is 9.23. The smallest absolute Gasteiger partial charge is 0.282 e. The molecule has 24 heavy (non-hydrogen) atoms. The van der Waals surface area contributed by atoms with E-state index >= 15 is 0 Å². The molecule has 0 aromatic carbocycles. The first-order valence-electron chi connectivity index (χ1n) is 8.19. The van der Waals surface area contributed by atoms with Crippen LogP contribution in [0.25, 0.3) is 0 Å². The Kier molecular flexibility index (Phi) is 5.45. The van der Waals surface area contributed by atoms with Gasteiger partial charge in [0.25, 0.3) is 10.2 Å². The van der Waals surface area contributed by atoms with Gasteiger partial charge in [-0.15, -0.1) is 0 Å². The van der Waals surface area contributed by atoms with Gasteiger partial charge in [0, 0.05) is 63.0 Å². The van der Waals surface area contributed by atoms with Crippen LogP contribution in [0.15, 0.2) is 16.7 Å². The lowest BCUT2D eigenvalue weighted by Gasteiger charge is -2.39. The third kappa shape index (κ3) is 3.75. The number of hydrogen-bond acceptors (Lipinski definition) is 5. The van der Waals surface area contributed by atoms with Crippen molar-refractivity contribution in [1.82, 2.24) is 18.5 Å². The topological polar surface area (TPSA) is 60.0 Å². The lowest BCUT2D eigenvalue weighted by molar-refractivity contribution is 0.210. The molecule has 0 amide bonds. The van der Waals surface area contributed by atoms with Crippen LogP contribution in [-0.4, -0.2) is 86.3 Å². The fraction of sp³-hybridized carbons (Fsp3) is 0.667. The molecule has 3 rings (SSSR count). The number of anilines is 1. The van der Waals surface area contributed by atoms with E-state index in [-0.39, 0.29) is 0 Å². The Morgan fingerprint density at radius 2 is 1.54 bits per heavy atom. The van der Waals surface area contributed by atoms with Gasteiger partial charge in [0.15, 0.2) is 0 Å². The molecule has 0 saturated carbocycles. The number of hydrogen-bond donors (Lipinski definition) is 0. The third-order valence-corrected chi connectivity index (χ3v) is 7.14. The number of halogens is 1. The lowest BCUT2D eigenvalue weighted by atomic mass is 10.2. The number of aryl methyl sites for hydroxylation is 1. The SMILES string of the molecule is Cc1cc(Br)cnc1N1CCN(S(=O)(=O)N2CCN(C)CC2)CC1. The van der Waals surface area contributed by atoms with Gasteiger partial charge in [-0.2, -0.15) is 17.0 Å². The number of nitrogens with zero attached hydrogens (tertiary/aromatic N) is 5. The molecule has 1 aromatic heterocycles. The molecular formula is C15H24BrN5O2S. The molecule has 2 aliphatic rings. The average Bonchev–Trinajstić information content (AvgIpc) is 2.55. The number of rotatable bonds is 3. The van der Waals surface area contributed by atoms with Crippen molar-refractivity contribution in [3.63, 3.8) is 0 Å². The number of pyridine rings is 1. The van der Waals surface area contributed by atoms with Crippen molar-refractivity contribution >= 4 is 32.0 Å². The van der Waals surface area contributed by atoms with Gasteiger partial charge in [0.05, 0.1) is 0 Å². The largest absolute Gasteiger partial charge is 0.354 e. The van der Waals surface area contributed by atoms with E-state index in [1.54, 1.807) is 14.8 Å². The standard InChI is InChI=1S/C15H24BrN5O2S/c1-13-11-14(16)12-17-15(13)19-5-9-21(10-6-19)24(22,23)20-7-3-18(2)4-8-20/h11-12H,3-10H2,1-2H3. The van der Waals surface area contributed by atoms with Gasteiger partial charge in [0.1, 0.15) is 5.82 Å². The minimum Gasteiger partial charge on any atom is -0.354 e. The predicted molar refractivity (Wildman–Crippen MR) is 98.4 cm³/mol. The highest BCUT2D eigenvalue weighted by Crippen LogP contribution is 2.23. The van der Waals surface area contributed by atoms with Gasteiger partial charge in [-0.05, 0) is 41.5 Å². The first-order chi connectivity index (χ1) is 11.4. The van der Waals surface area contributed by atoms with Crippen molar-refractivity contribution in [2.45, 2.75) is 6.92 Å². The molecule has 2 fully saturated rings. The lowest BCUT2D eigenvalue weighted by Crippen LogP contribution is -2.56. The first kappa shape index (κ1) is 18.1. The van der Waals surface area contributed by atoms with Crippen molar-refractivity contribution in [3.8, 4) is 0 Å². The molecule has 2 aliphatic heterocycles. The second-order valence-electron chi connectivity index (χ2n) is 6.39. The minimum absolute atomic E-state index is 0.506. The molecule has 0 radical (unpaired) electrons. The zero-order valence-electron chi connectivity index (χ0n) is 14.2. The van der Waals surface area contributed by atoms with Gasteiger partial charge < -0.3 is 9.80 Å². The van der Waals surface area contributed by atoms with Gasteiger partial charge in [0.2, 0.25) is 0 Å². The van der Waals surface area contributed by atoms with Gasteiger partial charge in [-0.1, -0.05) is 0 Å². The third-order valence-electron chi connectivity index (χ3n) is 4.67. The molecule has 2 saturated heterocycles. The van der Waals surface area contributed by atoms with Gasteiger partial charge >= 0.3 is 0 Å². The quantitative estimate of drug-likeness (QED) is 0.726. The second kappa shape index (κ2) is 7.25. The van der Waals surface area contributed by atoms with Crippen LogP contribution in [0.2, 0.25) is 0 Å². The molecule has 7 nitrogen and oxygen atoms in total. The van der Waals surface area contributed by atoms with Crippen molar-refractivity contribution < 1.29 is 8.42 Å². The molecule has 0 atom stereocenters. The summed E-state index contributed by atoms with van der Waals surface area (Å²) in [5, 5.41) is 0. The van der Waals surface area contributed by atoms with E-state index in [2.05, 4.69) is 30.7 Å². The van der Waals surface area contributed by atoms with Crippen molar-refractivity contribution in [2.24, 2.45) is 0 Å². The van der Waals surface area contributed by atoms with Crippen LogP contribution in [0.4, 0.5) is 5.82 Å². The summed E-state index contributed by atoms with van der Waals surface area (Å²) in [5.41, 5.74) is 1.10. The molecule has 0 unspecified atom stereocenters. The maximum absolute atomic E-state index is 12.8. The molecule has 134 valence electrons. The summed E-state index contributed by atoms with van der Waals surface area (Å²) in [7, 11) is -1.32. The van der Waals surface area contributed by atoms with Crippen LogP contribution < -0.4 is 4.90 Å².